The number of nitriles is 1. The van der Waals surface area contributed by atoms with Crippen LogP contribution in [0.5, 0.6) is 0 Å². The Morgan fingerprint density at radius 3 is 2.68 bits per heavy atom. The number of carbonyl (C=O) groups is 1. The van der Waals surface area contributed by atoms with E-state index in [4.69, 9.17) is 11.0 Å². The lowest BCUT2D eigenvalue weighted by Gasteiger charge is -2.50. The van der Waals surface area contributed by atoms with Gasteiger partial charge in [-0.05, 0) is 38.1 Å². The number of likely N-dealkylation sites (tertiary alicyclic amines) is 1. The van der Waals surface area contributed by atoms with E-state index in [-0.39, 0.29) is 30.9 Å². The summed E-state index contributed by atoms with van der Waals surface area (Å²) in [5.74, 6) is -1.23. The van der Waals surface area contributed by atoms with Crippen LogP contribution in [0.25, 0.3) is 5.52 Å². The van der Waals surface area contributed by atoms with Gasteiger partial charge in [0.05, 0.1) is 59.0 Å². The number of rotatable bonds is 9. The zero-order chi connectivity index (χ0) is 27.8. The maximum absolute atomic E-state index is 15.1. The highest BCUT2D eigenvalue weighted by Crippen LogP contribution is 2.42. The summed E-state index contributed by atoms with van der Waals surface area (Å²) in [4.78, 5) is 18.8. The van der Waals surface area contributed by atoms with Gasteiger partial charge in [0.1, 0.15) is 12.2 Å². The van der Waals surface area contributed by atoms with Crippen molar-refractivity contribution in [3.05, 3.63) is 59.7 Å². The van der Waals surface area contributed by atoms with Gasteiger partial charge >= 0.3 is 6.18 Å². The molecule has 1 aliphatic rings. The molecular weight excluding hydrogens is 506 g/mol. The van der Waals surface area contributed by atoms with Crippen LogP contribution in [0.15, 0.2) is 42.9 Å². The number of nitrogens with zero attached hydrogens (tertiary/aromatic N) is 6. The van der Waals surface area contributed by atoms with Crippen molar-refractivity contribution in [2.24, 2.45) is 11.7 Å². The van der Waals surface area contributed by atoms with Gasteiger partial charge in [0.25, 0.3) is 5.91 Å². The molecule has 3 aromatic rings. The highest BCUT2D eigenvalue weighted by atomic mass is 19.4. The second kappa shape index (κ2) is 10.2. The van der Waals surface area contributed by atoms with Crippen molar-refractivity contribution in [1.29, 1.82) is 5.26 Å². The minimum Gasteiger partial charge on any atom is -0.387 e. The predicted molar refractivity (Wildman–Crippen MR) is 130 cm³/mol. The van der Waals surface area contributed by atoms with E-state index in [0.717, 1.165) is 0 Å². The zero-order valence-corrected chi connectivity index (χ0v) is 20.7. The predicted octanol–water partition coefficient (Wildman–Crippen LogP) is 2.85. The van der Waals surface area contributed by atoms with Crippen molar-refractivity contribution >= 4 is 17.1 Å². The van der Waals surface area contributed by atoms with Gasteiger partial charge in [0.2, 0.25) is 0 Å². The summed E-state index contributed by atoms with van der Waals surface area (Å²) in [5.41, 5.74) is 5.43. The molecule has 9 nitrogen and oxygen atoms in total. The number of anilines is 1. The van der Waals surface area contributed by atoms with Crippen LogP contribution in [0.2, 0.25) is 0 Å². The van der Waals surface area contributed by atoms with E-state index in [9.17, 15) is 23.1 Å². The molecule has 3 atom stereocenters. The molecule has 3 N–H and O–H groups in total. The fraction of sp³-hybridized carbons (Fsp3) is 0.440. The van der Waals surface area contributed by atoms with E-state index in [1.54, 1.807) is 18.2 Å². The molecular formula is C25H27F4N7O2. The number of pyridine rings is 1. The molecule has 1 amide bonds. The molecule has 3 aromatic heterocycles. The molecule has 38 heavy (non-hydrogen) atoms. The Balaban J connectivity index is 1.72. The quantitative estimate of drug-likeness (QED) is 0.406. The largest absolute Gasteiger partial charge is 0.401 e. The monoisotopic (exact) mass is 533 g/mol. The molecule has 0 radical (unpaired) electrons. The van der Waals surface area contributed by atoms with Crippen LogP contribution in [0.4, 0.5) is 23.2 Å². The Kier molecular flexibility index (Phi) is 7.31. The molecule has 4 heterocycles. The second-order valence-corrected chi connectivity index (χ2v) is 9.98. The summed E-state index contributed by atoms with van der Waals surface area (Å²) in [5, 5.41) is 23.6. The lowest BCUT2D eigenvalue weighted by atomic mass is 9.85. The van der Waals surface area contributed by atoms with E-state index in [2.05, 4.69) is 10.1 Å². The first kappa shape index (κ1) is 27.3. The van der Waals surface area contributed by atoms with Gasteiger partial charge in [-0.1, -0.05) is 0 Å². The number of nitrogens with two attached hydrogens (primary N) is 1. The Labute approximate surface area is 216 Å². The molecule has 1 fully saturated rings. The number of aromatic nitrogens is 3. The fourth-order valence-electron chi connectivity index (χ4n) is 4.78. The Morgan fingerprint density at radius 2 is 2.05 bits per heavy atom. The molecule has 0 unspecified atom stereocenters. The van der Waals surface area contributed by atoms with Gasteiger partial charge in [-0.2, -0.15) is 23.5 Å². The topological polar surface area (TPSA) is 124 Å². The number of amides is 1. The van der Waals surface area contributed by atoms with Crippen LogP contribution in [0.1, 0.15) is 41.5 Å². The minimum atomic E-state index is -4.45. The van der Waals surface area contributed by atoms with E-state index in [1.807, 2.05) is 6.07 Å². The smallest absolute Gasteiger partial charge is 0.387 e. The molecule has 1 aliphatic heterocycles. The van der Waals surface area contributed by atoms with Crippen molar-refractivity contribution in [2.45, 2.75) is 37.8 Å². The van der Waals surface area contributed by atoms with Gasteiger partial charge < -0.3 is 15.7 Å². The number of halogens is 4. The average molecular weight is 534 g/mol. The van der Waals surface area contributed by atoms with Gasteiger partial charge in [0.15, 0.2) is 0 Å². The summed E-state index contributed by atoms with van der Waals surface area (Å²) < 4.78 is 56.8. The van der Waals surface area contributed by atoms with Crippen LogP contribution in [-0.4, -0.2) is 74.6 Å². The van der Waals surface area contributed by atoms with E-state index < -0.39 is 42.4 Å². The zero-order valence-electron chi connectivity index (χ0n) is 20.7. The molecule has 0 aliphatic carbocycles. The molecule has 0 spiro atoms. The van der Waals surface area contributed by atoms with E-state index in [1.165, 1.54) is 52.8 Å². The van der Waals surface area contributed by atoms with Crippen LogP contribution < -0.4 is 10.6 Å². The number of fused-ring (bicyclic) bond motifs is 1. The molecule has 0 saturated carbocycles. The summed E-state index contributed by atoms with van der Waals surface area (Å²) in [6, 6.07) is 7.62. The lowest BCUT2D eigenvalue weighted by molar-refractivity contribution is -0.171. The number of hydrogen-bond donors (Lipinski definition) is 2. The number of aliphatic hydroxyl groups is 1. The first-order valence-corrected chi connectivity index (χ1v) is 11.8. The summed E-state index contributed by atoms with van der Waals surface area (Å²) >= 11 is 0. The average Bonchev–Trinajstić information content (AvgIpc) is 3.23. The molecule has 1 saturated heterocycles. The maximum Gasteiger partial charge on any atom is 0.401 e. The van der Waals surface area contributed by atoms with E-state index >= 15 is 4.39 Å². The highest BCUT2D eigenvalue weighted by molar-refractivity contribution is 5.98. The number of primary amides is 1. The third-order valence-electron chi connectivity index (χ3n) is 6.66. The number of carbonyl (C=O) groups excluding carboxylic acids is 1. The summed E-state index contributed by atoms with van der Waals surface area (Å²) in [6.07, 6.45) is -2.23. The van der Waals surface area contributed by atoms with Crippen LogP contribution >= 0.6 is 0 Å². The number of alkyl halides is 4. The SMILES string of the molecule is CC(C)(O)[C@H](F)CN(C[C@H]1CN(CC(F)(F)F)[C@H]1c1ccc2cc(C#N)cnn12)c1ccncc1C(N)=O. The van der Waals surface area contributed by atoms with Gasteiger partial charge in [0, 0.05) is 31.4 Å². The molecule has 202 valence electrons. The van der Waals surface area contributed by atoms with Crippen molar-refractivity contribution in [1.82, 2.24) is 19.5 Å². The third-order valence-corrected chi connectivity index (χ3v) is 6.66. The van der Waals surface area contributed by atoms with Gasteiger partial charge in [-0.3, -0.25) is 14.7 Å². The maximum atomic E-state index is 15.1. The van der Waals surface area contributed by atoms with Crippen LogP contribution in [0, 0.1) is 17.2 Å². The summed E-state index contributed by atoms with van der Waals surface area (Å²) in [6.45, 7) is 1.22. The van der Waals surface area contributed by atoms with Crippen molar-refractivity contribution in [3.8, 4) is 6.07 Å². The third kappa shape index (κ3) is 5.71. The molecule has 4 rings (SSSR count). The Bertz CT molecular complexity index is 1360. The minimum absolute atomic E-state index is 0.0253. The van der Waals surface area contributed by atoms with Crippen LogP contribution in [0.3, 0.4) is 0 Å². The molecule has 13 heteroatoms. The molecule has 0 bridgehead atoms. The Morgan fingerprint density at radius 1 is 1.32 bits per heavy atom. The number of hydrogen-bond acceptors (Lipinski definition) is 7. The normalized spacial score (nSPS) is 19.1. The van der Waals surface area contributed by atoms with Crippen molar-refractivity contribution in [3.63, 3.8) is 0 Å². The first-order valence-electron chi connectivity index (χ1n) is 11.8. The van der Waals surface area contributed by atoms with E-state index in [0.29, 0.717) is 16.8 Å². The van der Waals surface area contributed by atoms with Gasteiger partial charge in [-0.25, -0.2) is 8.91 Å². The van der Waals surface area contributed by atoms with Gasteiger partial charge in [-0.15, -0.1) is 0 Å². The van der Waals surface area contributed by atoms with Crippen molar-refractivity contribution < 1.29 is 27.5 Å². The Hall–Kier alpha value is -3.76. The second-order valence-electron chi connectivity index (χ2n) is 9.98. The lowest BCUT2D eigenvalue weighted by Crippen LogP contribution is -2.57. The molecule has 0 aromatic carbocycles. The van der Waals surface area contributed by atoms with Crippen molar-refractivity contribution in [2.75, 3.05) is 31.1 Å². The summed E-state index contributed by atoms with van der Waals surface area (Å²) in [7, 11) is 0. The van der Waals surface area contributed by atoms with Crippen LogP contribution in [-0.2, 0) is 0 Å². The standard InChI is InChI=1S/C25H27F4N7O2/c1-24(2,38)21(26)13-34(19-5-6-32-10-18(19)23(31)37)11-16-12-35(14-25(27,28)29)22(16)20-4-3-17-7-15(8-30)9-33-36(17)20/h3-7,9-10,16,21-22,38H,11-14H2,1-2H3,(H2,31,37)/t16-,21+,22+/m0/s1. The first-order chi connectivity index (χ1) is 17.8. The fourth-order valence-corrected chi connectivity index (χ4v) is 4.78. The highest BCUT2D eigenvalue weighted by Gasteiger charge is 2.47.